The molecule has 0 aliphatic heterocycles. The number of allylic oxidation sites excluding steroid dienone is 2. The highest BCUT2D eigenvalue weighted by Gasteiger charge is 2.36. The van der Waals surface area contributed by atoms with Crippen molar-refractivity contribution in [1.29, 1.82) is 0 Å². The second-order valence-corrected chi connectivity index (χ2v) is 19.2. The van der Waals surface area contributed by atoms with E-state index in [1.165, 1.54) is 0 Å². The Balaban J connectivity index is 2.75. The fourth-order valence-electron chi connectivity index (χ4n) is 4.61. The zero-order valence-corrected chi connectivity index (χ0v) is 29.3. The molecule has 0 aromatic heterocycles. The van der Waals surface area contributed by atoms with Gasteiger partial charge in [-0.2, -0.15) is 8.78 Å². The minimum Gasteiger partial charge on any atom is -0.507 e. The Morgan fingerprint density at radius 3 is 2.10 bits per heavy atom. The molecule has 0 heterocycles. The van der Waals surface area contributed by atoms with Crippen LogP contribution in [0.2, 0.25) is 18.1 Å². The average molecular weight is 662 g/mol. The van der Waals surface area contributed by atoms with Gasteiger partial charge in [-0.1, -0.05) is 81.5 Å². The van der Waals surface area contributed by atoms with Crippen LogP contribution in [0.4, 0.5) is 8.78 Å². The molecule has 1 aromatic rings. The van der Waals surface area contributed by atoms with Crippen LogP contribution in [-0.4, -0.2) is 35.6 Å². The van der Waals surface area contributed by atoms with E-state index in [0.29, 0.717) is 13.0 Å². The molecule has 1 aromatic carbocycles. The van der Waals surface area contributed by atoms with Gasteiger partial charge in [0, 0.05) is 18.4 Å². The summed E-state index contributed by atoms with van der Waals surface area (Å²) in [6.45, 7) is 17.9. The quantitative estimate of drug-likeness (QED) is 0.0634. The van der Waals surface area contributed by atoms with Gasteiger partial charge in [0.15, 0.2) is 8.32 Å². The Kier molecular flexibility index (Phi) is 15.8. The van der Waals surface area contributed by atoms with E-state index in [4.69, 9.17) is 4.43 Å². The molecule has 0 aliphatic carbocycles. The van der Waals surface area contributed by atoms with E-state index in [9.17, 15) is 24.1 Å². The average Bonchev–Trinajstić information content (AvgIpc) is 2.84. The molecular weight excluding hydrogens is 606 g/mol. The first-order valence-corrected chi connectivity index (χ1v) is 19.1. The summed E-state index contributed by atoms with van der Waals surface area (Å²) < 4.78 is 33.8. The van der Waals surface area contributed by atoms with Crippen LogP contribution in [0.5, 0.6) is 11.5 Å². The fraction of sp³-hybridized carbons (Fsp3) is 0.697. The van der Waals surface area contributed by atoms with Crippen LogP contribution >= 0.6 is 15.9 Å². The van der Waals surface area contributed by atoms with Gasteiger partial charge in [-0.05, 0) is 92.3 Å². The summed E-state index contributed by atoms with van der Waals surface area (Å²) >= 11 is 3.45. The number of rotatable bonds is 18. The van der Waals surface area contributed by atoms with E-state index in [-0.39, 0.29) is 45.9 Å². The van der Waals surface area contributed by atoms with Crippen molar-refractivity contribution in [3.63, 3.8) is 0 Å². The normalized spacial score (nSPS) is 13.9. The van der Waals surface area contributed by atoms with E-state index in [2.05, 4.69) is 63.6 Å². The Bertz CT molecular complexity index is 988. The van der Waals surface area contributed by atoms with Gasteiger partial charge in [0.05, 0.1) is 11.7 Å². The number of unbranched alkanes of at least 4 members (excludes halogenated alkanes) is 3. The summed E-state index contributed by atoms with van der Waals surface area (Å²) in [4.78, 5) is 0. The molecule has 0 saturated carbocycles. The van der Waals surface area contributed by atoms with Crippen molar-refractivity contribution < 1.29 is 28.5 Å². The highest BCUT2D eigenvalue weighted by Crippen LogP contribution is 2.42. The number of phenols is 2. The maximum atomic E-state index is 13.8. The molecule has 0 spiro atoms. The first-order chi connectivity index (χ1) is 18.9. The van der Waals surface area contributed by atoms with Gasteiger partial charge in [-0.15, -0.1) is 0 Å². The number of hydrogen-bond acceptors (Lipinski definition) is 4. The van der Waals surface area contributed by atoms with Crippen LogP contribution < -0.4 is 0 Å². The summed E-state index contributed by atoms with van der Waals surface area (Å²) in [7, 11) is -1.77. The molecule has 1 unspecified atom stereocenters. The summed E-state index contributed by atoms with van der Waals surface area (Å²) in [5.74, 6) is -0.539. The number of phenolic OH excluding ortho intramolecular Hbond substituents is 2. The molecule has 8 heteroatoms. The molecule has 0 aliphatic rings. The zero-order valence-electron chi connectivity index (χ0n) is 26.7. The van der Waals surface area contributed by atoms with Crippen molar-refractivity contribution in [3.05, 3.63) is 46.6 Å². The lowest BCUT2D eigenvalue weighted by atomic mass is 9.79. The predicted octanol–water partition coefficient (Wildman–Crippen LogP) is 10.8. The Labute approximate surface area is 257 Å². The molecule has 1 atom stereocenters. The second kappa shape index (κ2) is 17.2. The third-order valence-corrected chi connectivity index (χ3v) is 13.7. The molecule has 3 N–H and O–H groups in total. The molecule has 4 nitrogen and oxygen atoms in total. The zero-order chi connectivity index (χ0) is 31.4. The lowest BCUT2D eigenvalue weighted by molar-refractivity contribution is 0.166. The van der Waals surface area contributed by atoms with E-state index in [0.717, 1.165) is 61.4 Å². The van der Waals surface area contributed by atoms with Gasteiger partial charge in [-0.25, -0.2) is 0 Å². The smallest absolute Gasteiger partial charge is 0.269 e. The van der Waals surface area contributed by atoms with Crippen LogP contribution in [-0.2, 0) is 9.84 Å². The molecule has 1 rings (SSSR count). The van der Waals surface area contributed by atoms with Gasteiger partial charge in [0.2, 0.25) is 0 Å². The highest BCUT2D eigenvalue weighted by atomic mass is 79.9. The number of halogens is 3. The molecule has 0 bridgehead atoms. The summed E-state index contributed by atoms with van der Waals surface area (Å²) in [5.41, 5.74) is 1.32. The summed E-state index contributed by atoms with van der Waals surface area (Å²) in [6, 6.07) is 3.10. The summed E-state index contributed by atoms with van der Waals surface area (Å²) in [6.07, 6.45) is 5.88. The number of aliphatic hydroxyl groups excluding tert-OH is 1. The summed E-state index contributed by atoms with van der Waals surface area (Å²) in [5, 5.41) is 33.3. The molecule has 0 amide bonds. The van der Waals surface area contributed by atoms with Crippen LogP contribution in [0.3, 0.4) is 0 Å². The lowest BCUT2D eigenvalue weighted by Gasteiger charge is -2.36. The van der Waals surface area contributed by atoms with Crippen molar-refractivity contribution in [2.45, 2.75) is 135 Å². The number of alkyl halides is 1. The highest BCUT2D eigenvalue weighted by molar-refractivity contribution is 9.09. The molecular formula is C33H55BrF2O4Si. The molecule has 0 radical (unpaired) electrons. The number of hydrogen-bond donors (Lipinski definition) is 3. The van der Waals surface area contributed by atoms with E-state index < -0.39 is 20.5 Å². The van der Waals surface area contributed by atoms with Crippen LogP contribution in [0.1, 0.15) is 123 Å². The topological polar surface area (TPSA) is 69.9 Å². The van der Waals surface area contributed by atoms with Gasteiger partial charge >= 0.3 is 0 Å². The fourth-order valence-corrected chi connectivity index (χ4v) is 6.10. The predicted molar refractivity (Wildman–Crippen MR) is 174 cm³/mol. The van der Waals surface area contributed by atoms with E-state index in [1.54, 1.807) is 12.1 Å². The minimum absolute atomic E-state index is 0.0961. The molecule has 41 heavy (non-hydrogen) atoms. The third kappa shape index (κ3) is 12.9. The Hall–Kier alpha value is -1.22. The maximum absolute atomic E-state index is 13.8. The van der Waals surface area contributed by atoms with Crippen molar-refractivity contribution in [3.8, 4) is 11.5 Å². The second-order valence-electron chi connectivity index (χ2n) is 13.6. The van der Waals surface area contributed by atoms with Gasteiger partial charge in [0.1, 0.15) is 11.5 Å². The van der Waals surface area contributed by atoms with Crippen LogP contribution in [0, 0.1) is 0 Å². The van der Waals surface area contributed by atoms with Crippen LogP contribution in [0.25, 0.3) is 0 Å². The first-order valence-electron chi connectivity index (χ1n) is 15.1. The third-order valence-electron chi connectivity index (χ3n) is 8.57. The van der Waals surface area contributed by atoms with Crippen molar-refractivity contribution in [2.75, 3.05) is 11.9 Å². The SMILES string of the molecule is C/C(=C\CCC(CC(O)c1c(O)cc(C(C)(C)CCCCCCBr)cc1O)=C(F)F)CCCO[Si](C)(C)C(C)(C)C. The van der Waals surface area contributed by atoms with Gasteiger partial charge in [0.25, 0.3) is 6.08 Å². The number of benzene rings is 1. The standard InChI is InChI=1S/C33H55BrF2O4Si/c1-24(16-14-20-40-41(7,8)32(2,3)4)15-13-17-25(31(35)36)21-27(37)30-28(38)22-26(23-29(30)39)33(5,6)18-11-9-10-12-19-34/h15,22-23,27,37-39H,9-14,16-21H2,1-8H3/b24-15+. The Morgan fingerprint density at radius 1 is 0.976 bits per heavy atom. The minimum atomic E-state index is -1.82. The monoisotopic (exact) mass is 660 g/mol. The molecule has 236 valence electrons. The molecule has 0 saturated heterocycles. The van der Waals surface area contributed by atoms with Crippen molar-refractivity contribution >= 4 is 24.2 Å². The lowest BCUT2D eigenvalue weighted by Crippen LogP contribution is -2.40. The number of aromatic hydroxyl groups is 2. The van der Waals surface area contributed by atoms with Crippen LogP contribution in [0.15, 0.2) is 35.4 Å². The van der Waals surface area contributed by atoms with Crippen molar-refractivity contribution in [2.24, 2.45) is 0 Å². The largest absolute Gasteiger partial charge is 0.507 e. The number of aliphatic hydroxyl groups is 1. The maximum Gasteiger partial charge on any atom is 0.269 e. The van der Waals surface area contributed by atoms with Gasteiger partial charge in [-0.3, -0.25) is 0 Å². The first kappa shape index (κ1) is 37.8. The Morgan fingerprint density at radius 2 is 1.56 bits per heavy atom. The van der Waals surface area contributed by atoms with Crippen molar-refractivity contribution in [1.82, 2.24) is 0 Å². The van der Waals surface area contributed by atoms with E-state index >= 15 is 0 Å². The van der Waals surface area contributed by atoms with Gasteiger partial charge < -0.3 is 19.7 Å². The van der Waals surface area contributed by atoms with E-state index in [1.807, 2.05) is 13.0 Å². The molecule has 0 fully saturated rings.